The molecule has 0 fully saturated rings. The van der Waals surface area contributed by atoms with E-state index in [2.05, 4.69) is 121 Å². The quantitative estimate of drug-likeness (QED) is 0.203. The summed E-state index contributed by atoms with van der Waals surface area (Å²) in [6.07, 6.45) is -0.366. The van der Waals surface area contributed by atoms with Crippen molar-refractivity contribution in [1.29, 1.82) is 5.26 Å². The number of nitrogens with one attached hydrogen (secondary N) is 1. The third kappa shape index (κ3) is 5.66. The summed E-state index contributed by atoms with van der Waals surface area (Å²) in [5, 5.41) is 15.2. The largest absolute Gasteiger partial charge is 0.324 e. The maximum Gasteiger partial charge on any atom is 0.169 e. The van der Waals surface area contributed by atoms with Crippen molar-refractivity contribution in [3.8, 4) is 39.4 Å². The van der Waals surface area contributed by atoms with Gasteiger partial charge in [-0.2, -0.15) is 5.26 Å². The predicted molar refractivity (Wildman–Crippen MR) is 197 cm³/mol. The first-order chi connectivity index (χ1) is 23.7. The third-order valence-electron chi connectivity index (χ3n) is 8.80. The molecule has 0 aliphatic carbocycles. The zero-order valence-corrected chi connectivity index (χ0v) is 26.1. The summed E-state index contributed by atoms with van der Waals surface area (Å²) in [4.78, 5) is 10.1. The minimum atomic E-state index is -0.366. The number of benzene rings is 7. The van der Waals surface area contributed by atoms with E-state index in [1.54, 1.807) is 0 Å². The summed E-state index contributed by atoms with van der Waals surface area (Å²) >= 11 is 0. The Balaban J connectivity index is 1.12. The van der Waals surface area contributed by atoms with Crippen molar-refractivity contribution in [2.24, 2.45) is 9.98 Å². The monoisotopic (exact) mass is 614 g/mol. The van der Waals surface area contributed by atoms with Crippen molar-refractivity contribution < 1.29 is 0 Å². The van der Waals surface area contributed by atoms with Gasteiger partial charge in [0.15, 0.2) is 6.17 Å². The molecule has 0 spiro atoms. The number of hydrogen-bond acceptors (Lipinski definition) is 4. The van der Waals surface area contributed by atoms with Gasteiger partial charge in [0.2, 0.25) is 0 Å². The van der Waals surface area contributed by atoms with Crippen LogP contribution in [0.2, 0.25) is 0 Å². The first kappa shape index (κ1) is 28.9. The van der Waals surface area contributed by atoms with E-state index in [4.69, 9.17) is 9.98 Å². The fourth-order valence-corrected chi connectivity index (χ4v) is 6.33. The fourth-order valence-electron chi connectivity index (χ4n) is 6.33. The molecule has 0 bridgehead atoms. The molecule has 1 aliphatic heterocycles. The van der Waals surface area contributed by atoms with Crippen LogP contribution in [0.3, 0.4) is 0 Å². The van der Waals surface area contributed by atoms with Crippen molar-refractivity contribution >= 4 is 22.4 Å². The summed E-state index contributed by atoms with van der Waals surface area (Å²) in [6, 6.07) is 60.6. The lowest BCUT2D eigenvalue weighted by Crippen LogP contribution is -2.35. The number of nitrogens with zero attached hydrogens (tertiary/aromatic N) is 3. The van der Waals surface area contributed by atoms with E-state index in [9.17, 15) is 5.26 Å². The summed E-state index contributed by atoms with van der Waals surface area (Å²) in [5.74, 6) is 1.62. The summed E-state index contributed by atoms with van der Waals surface area (Å²) < 4.78 is 0. The Morgan fingerprint density at radius 2 is 0.917 bits per heavy atom. The number of hydrogen-bond donors (Lipinski definition) is 1. The first-order valence-electron chi connectivity index (χ1n) is 16.0. The molecule has 0 saturated heterocycles. The zero-order chi connectivity index (χ0) is 32.3. The second-order valence-corrected chi connectivity index (χ2v) is 11.8. The Morgan fingerprint density at radius 1 is 0.438 bits per heavy atom. The van der Waals surface area contributed by atoms with Gasteiger partial charge in [0, 0.05) is 11.1 Å². The van der Waals surface area contributed by atoms with Gasteiger partial charge in [-0.25, -0.2) is 9.98 Å². The Hall–Kier alpha value is -6.57. The molecule has 48 heavy (non-hydrogen) atoms. The van der Waals surface area contributed by atoms with Gasteiger partial charge >= 0.3 is 0 Å². The molecule has 1 heterocycles. The molecular weight excluding hydrogens is 585 g/mol. The number of amidine groups is 2. The molecule has 8 rings (SSSR count). The van der Waals surface area contributed by atoms with Gasteiger partial charge in [-0.1, -0.05) is 158 Å². The molecule has 4 nitrogen and oxygen atoms in total. The van der Waals surface area contributed by atoms with E-state index < -0.39 is 0 Å². The molecule has 0 aromatic heterocycles. The molecule has 1 N–H and O–H groups in total. The lowest BCUT2D eigenvalue weighted by atomic mass is 9.91. The topological polar surface area (TPSA) is 60.5 Å². The highest BCUT2D eigenvalue weighted by Gasteiger charge is 2.21. The normalized spacial score (nSPS) is 12.9. The summed E-state index contributed by atoms with van der Waals surface area (Å²) in [5.41, 5.74) is 10.5. The van der Waals surface area contributed by atoms with Gasteiger partial charge in [-0.3, -0.25) is 0 Å². The Bertz CT molecular complexity index is 2290. The molecule has 7 aromatic carbocycles. The van der Waals surface area contributed by atoms with Crippen LogP contribution < -0.4 is 5.32 Å². The molecule has 0 saturated carbocycles. The van der Waals surface area contributed by atoms with E-state index in [0.29, 0.717) is 5.56 Å². The molecule has 1 aliphatic rings. The average molecular weight is 615 g/mol. The Labute approximate surface area is 280 Å². The first-order valence-corrected chi connectivity index (χ1v) is 16.0. The summed E-state index contributed by atoms with van der Waals surface area (Å²) in [7, 11) is 0. The van der Waals surface area contributed by atoms with Crippen LogP contribution in [0.5, 0.6) is 0 Å². The van der Waals surface area contributed by atoms with Crippen LogP contribution >= 0.6 is 0 Å². The van der Waals surface area contributed by atoms with E-state index in [1.807, 2.05) is 60.7 Å². The van der Waals surface area contributed by atoms with Crippen LogP contribution in [0, 0.1) is 11.3 Å². The van der Waals surface area contributed by atoms with Gasteiger partial charge in [-0.15, -0.1) is 0 Å². The van der Waals surface area contributed by atoms with E-state index >= 15 is 0 Å². The maximum atomic E-state index is 9.32. The molecule has 4 heteroatoms. The highest BCUT2D eigenvalue weighted by Crippen LogP contribution is 2.37. The minimum absolute atomic E-state index is 0.366. The highest BCUT2D eigenvalue weighted by molar-refractivity contribution is 6.15. The van der Waals surface area contributed by atoms with Crippen molar-refractivity contribution in [2.45, 2.75) is 6.17 Å². The van der Waals surface area contributed by atoms with Gasteiger partial charge in [-0.05, 0) is 61.8 Å². The lowest BCUT2D eigenvalue weighted by molar-refractivity contribution is 0.756. The summed E-state index contributed by atoms with van der Waals surface area (Å²) in [6.45, 7) is 0. The Kier molecular flexibility index (Phi) is 7.62. The molecule has 0 radical (unpaired) electrons. The number of fused-ring (bicyclic) bond motifs is 1. The van der Waals surface area contributed by atoms with Crippen molar-refractivity contribution in [3.05, 3.63) is 192 Å². The molecule has 226 valence electrons. The molecular formula is C44H30N4. The third-order valence-corrected chi connectivity index (χ3v) is 8.80. The van der Waals surface area contributed by atoms with Gasteiger partial charge in [0.1, 0.15) is 11.7 Å². The van der Waals surface area contributed by atoms with Crippen LogP contribution in [0.4, 0.5) is 0 Å². The van der Waals surface area contributed by atoms with E-state index in [1.165, 1.54) is 21.9 Å². The number of rotatable bonds is 6. The molecule has 0 unspecified atom stereocenters. The predicted octanol–water partition coefficient (Wildman–Crippen LogP) is 10.2. The minimum Gasteiger partial charge on any atom is -0.324 e. The lowest BCUT2D eigenvalue weighted by Gasteiger charge is -2.22. The second kappa shape index (κ2) is 12.7. The van der Waals surface area contributed by atoms with Crippen LogP contribution in [-0.4, -0.2) is 11.7 Å². The van der Waals surface area contributed by atoms with Crippen molar-refractivity contribution in [1.82, 2.24) is 5.32 Å². The van der Waals surface area contributed by atoms with Crippen molar-refractivity contribution in [3.63, 3.8) is 0 Å². The van der Waals surface area contributed by atoms with Crippen LogP contribution in [-0.2, 0) is 0 Å². The highest BCUT2D eigenvalue weighted by atomic mass is 15.2. The second-order valence-electron chi connectivity index (χ2n) is 11.8. The fraction of sp³-hybridized carbons (Fsp3) is 0.0227. The number of nitriles is 1. The molecule has 0 atom stereocenters. The maximum absolute atomic E-state index is 9.32. The van der Waals surface area contributed by atoms with Gasteiger partial charge in [0.05, 0.1) is 11.6 Å². The van der Waals surface area contributed by atoms with Crippen LogP contribution in [0.1, 0.15) is 28.4 Å². The molecule has 7 aromatic rings. The molecule has 0 amide bonds. The smallest absolute Gasteiger partial charge is 0.169 e. The average Bonchev–Trinajstić information content (AvgIpc) is 3.18. The van der Waals surface area contributed by atoms with Crippen LogP contribution in [0.25, 0.3) is 44.2 Å². The SMILES string of the molecule is N#Cc1cccc(-c2ccc(-c3ccc(-c4ccc(C5N=C(c6ccccc6)NC(c6ccccc6)=N5)cc4)c4ccccc34)cc2)c1. The van der Waals surface area contributed by atoms with Crippen LogP contribution in [0.15, 0.2) is 180 Å². The Morgan fingerprint density at radius 3 is 1.46 bits per heavy atom. The zero-order valence-electron chi connectivity index (χ0n) is 26.1. The van der Waals surface area contributed by atoms with E-state index in [-0.39, 0.29) is 6.17 Å². The van der Waals surface area contributed by atoms with E-state index in [0.717, 1.165) is 50.6 Å². The number of aliphatic imine (C=N–C) groups is 2. The standard InChI is InChI=1S/C44H30N4/c45-29-30-10-9-15-37(28-30)31-18-20-32(21-19-31)38-26-27-39(41-17-8-7-16-40(38)41)33-22-24-36(25-23-33)44-47-42(34-11-3-1-4-12-34)46-43(48-44)35-13-5-2-6-14-35/h1-28,44H,(H,46,47,48). The van der Waals surface area contributed by atoms with Gasteiger partial charge in [0.25, 0.3) is 0 Å². The van der Waals surface area contributed by atoms with Crippen molar-refractivity contribution in [2.75, 3.05) is 0 Å². The van der Waals surface area contributed by atoms with Gasteiger partial charge < -0.3 is 5.32 Å².